The normalized spacial score (nSPS) is 24.2. The van der Waals surface area contributed by atoms with Crippen molar-refractivity contribution in [2.24, 2.45) is 0 Å². The molecule has 0 bridgehead atoms. The van der Waals surface area contributed by atoms with Crippen molar-refractivity contribution in [3.8, 4) is 5.75 Å². The van der Waals surface area contributed by atoms with E-state index in [4.69, 9.17) is 14.2 Å². The molecule has 2 aliphatic rings. The first-order valence-corrected chi connectivity index (χ1v) is 8.82. The summed E-state index contributed by atoms with van der Waals surface area (Å²) in [4.78, 5) is 14.5. The number of benzene rings is 1. The van der Waals surface area contributed by atoms with E-state index in [2.05, 4.69) is 17.4 Å². The van der Waals surface area contributed by atoms with Gasteiger partial charge in [-0.2, -0.15) is 0 Å². The van der Waals surface area contributed by atoms with E-state index in [9.17, 15) is 4.79 Å². The van der Waals surface area contributed by atoms with Crippen LogP contribution in [-0.4, -0.2) is 64.1 Å². The fourth-order valence-electron chi connectivity index (χ4n) is 3.66. The molecule has 2 fully saturated rings. The highest BCUT2D eigenvalue weighted by molar-refractivity contribution is 5.75. The predicted molar refractivity (Wildman–Crippen MR) is 95.1 cm³/mol. The number of hydrogen-bond acceptors (Lipinski definition) is 4. The van der Waals surface area contributed by atoms with Crippen LogP contribution in [0.1, 0.15) is 24.8 Å². The number of urea groups is 1. The molecule has 0 aromatic heterocycles. The predicted octanol–water partition coefficient (Wildman–Crippen LogP) is 2.17. The van der Waals surface area contributed by atoms with Gasteiger partial charge in [-0.1, -0.05) is 12.1 Å². The van der Waals surface area contributed by atoms with Crippen LogP contribution in [0.2, 0.25) is 0 Å². The molecule has 2 atom stereocenters. The SMILES string of the molecule is COC[C@@H]1C[C@@H](OC)CN1C(=O)NCC1(c2cccc(OC)c2)CC1. The number of nitrogens with one attached hydrogen (secondary N) is 1. The quantitative estimate of drug-likeness (QED) is 0.820. The maximum atomic E-state index is 12.7. The minimum atomic E-state index is -0.0317. The summed E-state index contributed by atoms with van der Waals surface area (Å²) < 4.78 is 16.0. The Labute approximate surface area is 149 Å². The fraction of sp³-hybridized carbons (Fsp3) is 0.632. The number of carbonyl (C=O) groups is 1. The first kappa shape index (κ1) is 18.0. The van der Waals surface area contributed by atoms with Crippen molar-refractivity contribution < 1.29 is 19.0 Å². The first-order valence-electron chi connectivity index (χ1n) is 8.82. The van der Waals surface area contributed by atoms with E-state index in [1.165, 1.54) is 5.56 Å². The molecule has 6 heteroatoms. The van der Waals surface area contributed by atoms with Crippen LogP contribution in [0.25, 0.3) is 0 Å². The molecule has 3 rings (SSSR count). The van der Waals surface area contributed by atoms with Crippen LogP contribution in [-0.2, 0) is 14.9 Å². The van der Waals surface area contributed by atoms with Crippen LogP contribution >= 0.6 is 0 Å². The Morgan fingerprint density at radius 2 is 2.12 bits per heavy atom. The van der Waals surface area contributed by atoms with Gasteiger partial charge in [0, 0.05) is 32.7 Å². The highest BCUT2D eigenvalue weighted by atomic mass is 16.5. The zero-order chi connectivity index (χ0) is 17.9. The van der Waals surface area contributed by atoms with E-state index in [1.54, 1.807) is 21.3 Å². The van der Waals surface area contributed by atoms with Crippen LogP contribution in [0.5, 0.6) is 5.75 Å². The van der Waals surface area contributed by atoms with Gasteiger partial charge in [0.2, 0.25) is 0 Å². The summed E-state index contributed by atoms with van der Waals surface area (Å²) in [6.07, 6.45) is 3.07. The molecule has 2 amide bonds. The fourth-order valence-corrected chi connectivity index (χ4v) is 3.66. The van der Waals surface area contributed by atoms with E-state index in [-0.39, 0.29) is 23.6 Å². The molecule has 25 heavy (non-hydrogen) atoms. The van der Waals surface area contributed by atoms with Crippen LogP contribution < -0.4 is 10.1 Å². The van der Waals surface area contributed by atoms with Crippen LogP contribution in [0.15, 0.2) is 24.3 Å². The molecule has 138 valence electrons. The Balaban J connectivity index is 1.61. The standard InChI is InChI=1S/C19H28N2O4/c1-23-12-15-10-17(25-3)11-21(15)18(22)20-13-19(7-8-19)14-5-4-6-16(9-14)24-2/h4-6,9,15,17H,7-8,10-13H2,1-3H3,(H,20,22)/t15-,17+/m0/s1. The Morgan fingerprint density at radius 3 is 2.76 bits per heavy atom. The van der Waals surface area contributed by atoms with Crippen molar-refractivity contribution in [2.45, 2.75) is 36.8 Å². The average molecular weight is 348 g/mol. The lowest BCUT2D eigenvalue weighted by atomic mass is 9.96. The number of methoxy groups -OCH3 is 3. The van der Waals surface area contributed by atoms with E-state index >= 15 is 0 Å². The number of amides is 2. The van der Waals surface area contributed by atoms with E-state index in [0.717, 1.165) is 25.0 Å². The Morgan fingerprint density at radius 1 is 1.32 bits per heavy atom. The zero-order valence-electron chi connectivity index (χ0n) is 15.3. The maximum absolute atomic E-state index is 12.7. The molecule has 1 aromatic carbocycles. The van der Waals surface area contributed by atoms with Gasteiger partial charge in [-0.05, 0) is 37.0 Å². The van der Waals surface area contributed by atoms with Crippen molar-refractivity contribution in [2.75, 3.05) is 41.0 Å². The van der Waals surface area contributed by atoms with Crippen LogP contribution in [0, 0.1) is 0 Å². The summed E-state index contributed by atoms with van der Waals surface area (Å²) in [5.74, 6) is 0.859. The molecule has 1 saturated heterocycles. The molecular weight excluding hydrogens is 320 g/mol. The van der Waals surface area contributed by atoms with E-state index in [1.807, 2.05) is 17.0 Å². The van der Waals surface area contributed by atoms with Gasteiger partial charge in [-0.15, -0.1) is 0 Å². The van der Waals surface area contributed by atoms with Crippen molar-refractivity contribution in [1.29, 1.82) is 0 Å². The summed E-state index contributed by atoms with van der Waals surface area (Å²) in [6.45, 7) is 1.80. The lowest BCUT2D eigenvalue weighted by Gasteiger charge is -2.26. The third kappa shape index (κ3) is 3.90. The largest absolute Gasteiger partial charge is 0.497 e. The maximum Gasteiger partial charge on any atom is 0.317 e. The Bertz CT molecular complexity index is 603. The van der Waals surface area contributed by atoms with Gasteiger partial charge in [0.25, 0.3) is 0 Å². The van der Waals surface area contributed by atoms with Gasteiger partial charge in [0.15, 0.2) is 0 Å². The zero-order valence-corrected chi connectivity index (χ0v) is 15.3. The van der Waals surface area contributed by atoms with E-state index < -0.39 is 0 Å². The third-order valence-electron chi connectivity index (χ3n) is 5.44. The summed E-state index contributed by atoms with van der Waals surface area (Å²) in [5, 5.41) is 3.13. The second-order valence-corrected chi connectivity index (χ2v) is 7.03. The minimum absolute atomic E-state index is 0.0317. The summed E-state index contributed by atoms with van der Waals surface area (Å²) >= 11 is 0. The van der Waals surface area contributed by atoms with Crippen molar-refractivity contribution in [3.63, 3.8) is 0 Å². The second kappa shape index (κ2) is 7.62. The summed E-state index contributed by atoms with van der Waals surface area (Å²) in [7, 11) is 5.03. The topological polar surface area (TPSA) is 60.0 Å². The van der Waals surface area contributed by atoms with Crippen LogP contribution in [0.4, 0.5) is 4.79 Å². The molecule has 1 saturated carbocycles. The van der Waals surface area contributed by atoms with Crippen molar-refractivity contribution in [1.82, 2.24) is 10.2 Å². The molecule has 1 aliphatic carbocycles. The van der Waals surface area contributed by atoms with Gasteiger partial charge < -0.3 is 24.4 Å². The van der Waals surface area contributed by atoms with Gasteiger partial charge in [0.05, 0.1) is 25.9 Å². The van der Waals surface area contributed by atoms with Gasteiger partial charge in [-0.3, -0.25) is 0 Å². The number of nitrogens with zero attached hydrogens (tertiary/aromatic N) is 1. The highest BCUT2D eigenvalue weighted by Gasteiger charge is 2.45. The number of rotatable bonds is 7. The number of hydrogen-bond donors (Lipinski definition) is 1. The molecule has 1 heterocycles. The molecule has 6 nitrogen and oxygen atoms in total. The Hall–Kier alpha value is -1.79. The smallest absolute Gasteiger partial charge is 0.317 e. The lowest BCUT2D eigenvalue weighted by molar-refractivity contribution is 0.110. The number of carbonyl (C=O) groups excluding carboxylic acids is 1. The molecule has 0 spiro atoms. The van der Waals surface area contributed by atoms with Gasteiger partial charge >= 0.3 is 6.03 Å². The Kier molecular flexibility index (Phi) is 5.49. The van der Waals surface area contributed by atoms with Crippen molar-refractivity contribution >= 4 is 6.03 Å². The highest BCUT2D eigenvalue weighted by Crippen LogP contribution is 2.48. The number of ether oxygens (including phenoxy) is 3. The van der Waals surface area contributed by atoms with E-state index in [0.29, 0.717) is 19.7 Å². The number of likely N-dealkylation sites (tertiary alicyclic amines) is 1. The summed E-state index contributed by atoms with van der Waals surface area (Å²) in [5.41, 5.74) is 1.28. The second-order valence-electron chi connectivity index (χ2n) is 7.03. The van der Waals surface area contributed by atoms with Crippen molar-refractivity contribution in [3.05, 3.63) is 29.8 Å². The molecule has 1 N–H and O–H groups in total. The lowest BCUT2D eigenvalue weighted by Crippen LogP contribution is -2.46. The molecule has 1 aromatic rings. The molecule has 0 radical (unpaired) electrons. The minimum Gasteiger partial charge on any atom is -0.497 e. The van der Waals surface area contributed by atoms with Gasteiger partial charge in [0.1, 0.15) is 5.75 Å². The third-order valence-corrected chi connectivity index (χ3v) is 5.44. The van der Waals surface area contributed by atoms with Gasteiger partial charge in [-0.25, -0.2) is 4.79 Å². The molecule has 1 aliphatic heterocycles. The molecular formula is C19H28N2O4. The summed E-state index contributed by atoms with van der Waals surface area (Å²) in [6, 6.07) is 8.19. The first-order chi connectivity index (χ1) is 12.1. The average Bonchev–Trinajstić information content (AvgIpc) is 3.33. The monoisotopic (exact) mass is 348 g/mol. The van der Waals surface area contributed by atoms with Crippen LogP contribution in [0.3, 0.4) is 0 Å². The molecule has 0 unspecified atom stereocenters.